The van der Waals surface area contributed by atoms with Gasteiger partial charge in [0, 0.05) is 38.3 Å². The minimum atomic E-state index is 0.296. The number of nitrogens with zero attached hydrogens (tertiary/aromatic N) is 2. The van der Waals surface area contributed by atoms with Crippen LogP contribution in [0.1, 0.15) is 22.7 Å². The van der Waals surface area contributed by atoms with Crippen LogP contribution < -0.4 is 14.2 Å². The Balaban J connectivity index is 1.34. The van der Waals surface area contributed by atoms with Crippen molar-refractivity contribution in [2.75, 3.05) is 54.1 Å². The van der Waals surface area contributed by atoms with Crippen LogP contribution in [-0.2, 0) is 0 Å². The van der Waals surface area contributed by atoms with E-state index < -0.39 is 0 Å². The summed E-state index contributed by atoms with van der Waals surface area (Å²) in [6.07, 6.45) is 8.38. The molecule has 0 aromatic heterocycles. The monoisotopic (exact) mass is 484 g/mol. The summed E-state index contributed by atoms with van der Waals surface area (Å²) < 4.78 is 16.4. The first-order valence-corrected chi connectivity index (χ1v) is 12.4. The molecule has 4 rings (SSSR count). The number of methoxy groups -OCH3 is 3. The van der Waals surface area contributed by atoms with Crippen molar-refractivity contribution < 1.29 is 14.2 Å². The second kappa shape index (κ2) is 13.0. The molecule has 5 nitrogen and oxygen atoms in total. The maximum atomic E-state index is 5.56. The molecular formula is C31H36N2O3. The molecule has 188 valence electrons. The van der Waals surface area contributed by atoms with Crippen molar-refractivity contribution in [1.29, 1.82) is 0 Å². The van der Waals surface area contributed by atoms with Crippen LogP contribution in [0.25, 0.3) is 6.08 Å². The Hall–Kier alpha value is -3.54. The van der Waals surface area contributed by atoms with E-state index in [1.807, 2.05) is 24.3 Å². The van der Waals surface area contributed by atoms with E-state index in [9.17, 15) is 0 Å². The van der Waals surface area contributed by atoms with Crippen molar-refractivity contribution in [1.82, 2.24) is 9.80 Å². The van der Waals surface area contributed by atoms with E-state index >= 15 is 0 Å². The molecule has 0 aliphatic carbocycles. The lowest BCUT2D eigenvalue weighted by molar-refractivity contribution is 0.117. The van der Waals surface area contributed by atoms with Gasteiger partial charge in [-0.3, -0.25) is 9.80 Å². The zero-order chi connectivity index (χ0) is 25.2. The normalized spacial score (nSPS) is 15.1. The number of hydrogen-bond donors (Lipinski definition) is 0. The average Bonchev–Trinajstić information content (AvgIpc) is 2.94. The molecular weight excluding hydrogens is 448 g/mol. The fourth-order valence-corrected chi connectivity index (χ4v) is 4.79. The highest BCUT2D eigenvalue weighted by molar-refractivity contribution is 5.67. The second-order valence-electron chi connectivity index (χ2n) is 8.77. The quantitative estimate of drug-likeness (QED) is 0.346. The van der Waals surface area contributed by atoms with E-state index in [4.69, 9.17) is 14.2 Å². The highest BCUT2D eigenvalue weighted by Crippen LogP contribution is 2.40. The summed E-state index contributed by atoms with van der Waals surface area (Å²) in [5, 5.41) is 0. The third kappa shape index (κ3) is 6.17. The van der Waals surface area contributed by atoms with Crippen molar-refractivity contribution >= 4 is 6.08 Å². The molecule has 1 saturated heterocycles. The highest BCUT2D eigenvalue weighted by atomic mass is 16.5. The Bertz CT molecular complexity index is 1100. The summed E-state index contributed by atoms with van der Waals surface area (Å²) in [5.74, 6) is 1.93. The first kappa shape index (κ1) is 25.5. The average molecular weight is 485 g/mol. The fraction of sp³-hybridized carbons (Fsp3) is 0.290. The van der Waals surface area contributed by atoms with Crippen molar-refractivity contribution in [2.45, 2.75) is 6.04 Å². The minimum absolute atomic E-state index is 0.296. The zero-order valence-electron chi connectivity index (χ0n) is 21.5. The second-order valence-corrected chi connectivity index (χ2v) is 8.77. The molecule has 5 heteroatoms. The maximum Gasteiger partial charge on any atom is 0.203 e. The van der Waals surface area contributed by atoms with Gasteiger partial charge in [-0.25, -0.2) is 0 Å². The van der Waals surface area contributed by atoms with Crippen molar-refractivity contribution in [3.63, 3.8) is 0 Å². The number of piperazine rings is 1. The Kier molecular flexibility index (Phi) is 9.20. The summed E-state index contributed by atoms with van der Waals surface area (Å²) in [6.45, 7) is 5.12. The van der Waals surface area contributed by atoms with Gasteiger partial charge in [0.25, 0.3) is 0 Å². The van der Waals surface area contributed by atoms with E-state index in [2.05, 4.69) is 82.6 Å². The van der Waals surface area contributed by atoms with Crippen LogP contribution in [0.5, 0.6) is 17.2 Å². The maximum absolute atomic E-state index is 5.56. The predicted molar refractivity (Wildman–Crippen MR) is 147 cm³/mol. The largest absolute Gasteiger partial charge is 0.493 e. The van der Waals surface area contributed by atoms with Crippen LogP contribution >= 0.6 is 0 Å². The van der Waals surface area contributed by atoms with Gasteiger partial charge < -0.3 is 14.2 Å². The van der Waals surface area contributed by atoms with Crippen molar-refractivity contribution in [3.05, 3.63) is 108 Å². The van der Waals surface area contributed by atoms with Gasteiger partial charge in [-0.1, -0.05) is 85.0 Å². The van der Waals surface area contributed by atoms with Crippen molar-refractivity contribution in [3.8, 4) is 17.2 Å². The van der Waals surface area contributed by atoms with Gasteiger partial charge >= 0.3 is 0 Å². The van der Waals surface area contributed by atoms with Crippen LogP contribution in [0, 0.1) is 0 Å². The summed E-state index contributed by atoms with van der Waals surface area (Å²) >= 11 is 0. The lowest BCUT2D eigenvalue weighted by Crippen LogP contribution is -2.47. The topological polar surface area (TPSA) is 34.2 Å². The molecule has 1 aliphatic rings. The Morgan fingerprint density at radius 2 is 1.31 bits per heavy atom. The standard InChI is InChI=1S/C31H36N2O3/c1-34-28-19-18-27(30(35-2)31(28)36-3)17-11-6-12-20-32-21-23-33(24-22-32)29(25-13-7-4-8-14-25)26-15-9-5-10-16-26/h4-19,29H,20-24H2,1-3H3/b12-6+,17-11+. The molecule has 0 spiro atoms. The minimum Gasteiger partial charge on any atom is -0.493 e. The van der Waals surface area contributed by atoms with Gasteiger partial charge in [0.05, 0.1) is 27.4 Å². The molecule has 0 amide bonds. The van der Waals surface area contributed by atoms with Crippen LogP contribution in [0.4, 0.5) is 0 Å². The van der Waals surface area contributed by atoms with Crippen LogP contribution in [0.15, 0.2) is 91.0 Å². The number of allylic oxidation sites excluding steroid dienone is 2. The van der Waals surface area contributed by atoms with Gasteiger partial charge in [-0.15, -0.1) is 0 Å². The fourth-order valence-electron chi connectivity index (χ4n) is 4.79. The molecule has 0 bridgehead atoms. The number of ether oxygens (including phenoxy) is 3. The molecule has 0 radical (unpaired) electrons. The molecule has 3 aromatic carbocycles. The molecule has 0 saturated carbocycles. The van der Waals surface area contributed by atoms with Crippen molar-refractivity contribution in [2.24, 2.45) is 0 Å². The van der Waals surface area contributed by atoms with Gasteiger partial charge in [-0.05, 0) is 23.3 Å². The Morgan fingerprint density at radius 3 is 1.86 bits per heavy atom. The number of rotatable bonds is 10. The summed E-state index contributed by atoms with van der Waals surface area (Å²) in [7, 11) is 4.89. The molecule has 0 unspecified atom stereocenters. The smallest absolute Gasteiger partial charge is 0.203 e. The van der Waals surface area contributed by atoms with Gasteiger partial charge in [0.1, 0.15) is 0 Å². The number of hydrogen-bond acceptors (Lipinski definition) is 5. The van der Waals surface area contributed by atoms with Gasteiger partial charge in [-0.2, -0.15) is 0 Å². The first-order chi connectivity index (χ1) is 17.7. The van der Waals surface area contributed by atoms with E-state index in [1.54, 1.807) is 21.3 Å². The van der Waals surface area contributed by atoms with E-state index in [0.717, 1.165) is 38.3 Å². The zero-order valence-corrected chi connectivity index (χ0v) is 21.5. The SMILES string of the molecule is COc1ccc(/C=C/C=C/CN2CCN(C(c3ccccc3)c3ccccc3)CC2)c(OC)c1OC. The van der Waals surface area contributed by atoms with E-state index in [0.29, 0.717) is 23.3 Å². The summed E-state index contributed by atoms with van der Waals surface area (Å²) in [6, 6.07) is 25.9. The molecule has 3 aromatic rings. The third-order valence-corrected chi connectivity index (χ3v) is 6.62. The molecule has 1 heterocycles. The molecule has 0 N–H and O–H groups in total. The Morgan fingerprint density at radius 1 is 0.694 bits per heavy atom. The van der Waals surface area contributed by atoms with Crippen LogP contribution in [0.3, 0.4) is 0 Å². The third-order valence-electron chi connectivity index (χ3n) is 6.62. The van der Waals surface area contributed by atoms with E-state index in [-0.39, 0.29) is 0 Å². The van der Waals surface area contributed by atoms with E-state index in [1.165, 1.54) is 11.1 Å². The lowest BCUT2D eigenvalue weighted by Gasteiger charge is -2.39. The molecule has 0 atom stereocenters. The molecule has 36 heavy (non-hydrogen) atoms. The van der Waals surface area contributed by atoms with Crippen LogP contribution in [0.2, 0.25) is 0 Å². The lowest BCUT2D eigenvalue weighted by atomic mass is 9.96. The highest BCUT2D eigenvalue weighted by Gasteiger charge is 2.25. The number of benzene rings is 3. The molecule has 1 aliphatic heterocycles. The van der Waals surface area contributed by atoms with Gasteiger partial charge in [0.15, 0.2) is 11.5 Å². The summed E-state index contributed by atoms with van der Waals surface area (Å²) in [4.78, 5) is 5.11. The first-order valence-electron chi connectivity index (χ1n) is 12.4. The predicted octanol–water partition coefficient (Wildman–Crippen LogP) is 5.69. The molecule has 1 fully saturated rings. The van der Waals surface area contributed by atoms with Crippen LogP contribution in [-0.4, -0.2) is 63.9 Å². The van der Waals surface area contributed by atoms with Gasteiger partial charge in [0.2, 0.25) is 5.75 Å². The summed E-state index contributed by atoms with van der Waals surface area (Å²) in [5.41, 5.74) is 3.65. The Labute approximate surface area is 215 Å².